The summed E-state index contributed by atoms with van der Waals surface area (Å²) in [5, 5.41) is 0.946. The quantitative estimate of drug-likeness (QED) is 0.677. The Bertz CT molecular complexity index is 638. The third-order valence-corrected chi connectivity index (χ3v) is 3.68. The second-order valence-electron chi connectivity index (χ2n) is 4.42. The van der Waals surface area contributed by atoms with E-state index in [1.165, 1.54) is 0 Å². The van der Waals surface area contributed by atoms with Crippen molar-refractivity contribution in [3.05, 3.63) is 63.1 Å². The number of Topliss-reactive ketones (excluding diaryl/α,β-unsaturated/α-hetero) is 1. The fourth-order valence-corrected chi connectivity index (χ4v) is 2.11. The Balaban J connectivity index is 2.20. The van der Waals surface area contributed by atoms with E-state index in [-0.39, 0.29) is 5.78 Å². The lowest BCUT2D eigenvalue weighted by atomic mass is 10.0. The van der Waals surface area contributed by atoms with Gasteiger partial charge < -0.3 is 5.73 Å². The number of nitrogen functional groups attached to an aromatic ring is 1. The fourth-order valence-electron chi connectivity index (χ4n) is 1.79. The highest BCUT2D eigenvalue weighted by Gasteiger charge is 2.09. The highest BCUT2D eigenvalue weighted by atomic mass is 35.5. The van der Waals surface area contributed by atoms with Crippen molar-refractivity contribution in [3.63, 3.8) is 0 Å². The Morgan fingerprint density at radius 1 is 1.11 bits per heavy atom. The standard InChI is InChI=1S/C15H13Cl2NO/c1-9-6-11(3-5-14(9)18)15(19)8-10-2-4-12(16)13(17)7-10/h2-7H,8,18H2,1H3. The number of carbonyl (C=O) groups excluding carboxylic acids is 1. The van der Waals surface area contributed by atoms with E-state index in [1.807, 2.05) is 6.92 Å². The number of benzene rings is 2. The minimum Gasteiger partial charge on any atom is -0.399 e. The first-order valence-corrected chi connectivity index (χ1v) is 6.56. The van der Waals surface area contributed by atoms with Crippen LogP contribution in [-0.4, -0.2) is 5.78 Å². The van der Waals surface area contributed by atoms with Gasteiger partial charge in [0.25, 0.3) is 0 Å². The van der Waals surface area contributed by atoms with Crippen molar-refractivity contribution in [2.24, 2.45) is 0 Å². The van der Waals surface area contributed by atoms with Gasteiger partial charge in [-0.15, -0.1) is 0 Å². The molecule has 2 aromatic carbocycles. The number of halogens is 2. The third-order valence-electron chi connectivity index (χ3n) is 2.94. The predicted molar refractivity (Wildman–Crippen MR) is 80.1 cm³/mol. The Morgan fingerprint density at radius 2 is 1.84 bits per heavy atom. The lowest BCUT2D eigenvalue weighted by Crippen LogP contribution is -2.04. The van der Waals surface area contributed by atoms with Gasteiger partial charge in [0.15, 0.2) is 5.78 Å². The molecule has 19 heavy (non-hydrogen) atoms. The van der Waals surface area contributed by atoms with Crippen molar-refractivity contribution < 1.29 is 4.79 Å². The van der Waals surface area contributed by atoms with Gasteiger partial charge in [0.05, 0.1) is 10.0 Å². The number of nitrogens with two attached hydrogens (primary N) is 1. The first-order valence-electron chi connectivity index (χ1n) is 5.80. The molecule has 2 rings (SSSR count). The van der Waals surface area contributed by atoms with Crippen LogP contribution in [0.4, 0.5) is 5.69 Å². The number of anilines is 1. The third kappa shape index (κ3) is 3.28. The molecule has 4 heteroatoms. The van der Waals surface area contributed by atoms with Crippen molar-refractivity contribution in [2.45, 2.75) is 13.3 Å². The van der Waals surface area contributed by atoms with E-state index in [0.717, 1.165) is 11.1 Å². The van der Waals surface area contributed by atoms with Crippen LogP contribution in [0.25, 0.3) is 0 Å². The highest BCUT2D eigenvalue weighted by Crippen LogP contribution is 2.23. The van der Waals surface area contributed by atoms with Crippen molar-refractivity contribution in [2.75, 3.05) is 5.73 Å². The van der Waals surface area contributed by atoms with Crippen molar-refractivity contribution >= 4 is 34.7 Å². The van der Waals surface area contributed by atoms with E-state index in [4.69, 9.17) is 28.9 Å². The molecule has 0 heterocycles. The molecule has 0 aliphatic carbocycles. The zero-order valence-corrected chi connectivity index (χ0v) is 11.9. The van der Waals surface area contributed by atoms with E-state index >= 15 is 0 Å². The van der Waals surface area contributed by atoms with E-state index in [9.17, 15) is 4.79 Å². The number of hydrogen-bond acceptors (Lipinski definition) is 2. The molecule has 0 aromatic heterocycles. The first-order chi connectivity index (χ1) is 8.97. The molecule has 0 saturated heterocycles. The van der Waals surface area contributed by atoms with Gasteiger partial charge in [0, 0.05) is 17.7 Å². The van der Waals surface area contributed by atoms with Crippen LogP contribution in [0.1, 0.15) is 21.5 Å². The largest absolute Gasteiger partial charge is 0.399 e. The van der Waals surface area contributed by atoms with Crippen molar-refractivity contribution in [1.29, 1.82) is 0 Å². The molecule has 0 aliphatic rings. The molecular formula is C15H13Cl2NO. The van der Waals surface area contributed by atoms with Gasteiger partial charge in [-0.05, 0) is 48.4 Å². The smallest absolute Gasteiger partial charge is 0.167 e. The molecule has 0 aliphatic heterocycles. The summed E-state index contributed by atoms with van der Waals surface area (Å²) < 4.78 is 0. The van der Waals surface area contributed by atoms with Crippen LogP contribution in [0.15, 0.2) is 36.4 Å². The molecule has 0 spiro atoms. The lowest BCUT2D eigenvalue weighted by molar-refractivity contribution is 0.0993. The average Bonchev–Trinajstić information content (AvgIpc) is 2.37. The van der Waals surface area contributed by atoms with Gasteiger partial charge in [0.2, 0.25) is 0 Å². The molecule has 2 nitrogen and oxygen atoms in total. The van der Waals surface area contributed by atoms with Crippen molar-refractivity contribution in [1.82, 2.24) is 0 Å². The van der Waals surface area contributed by atoms with Crippen molar-refractivity contribution in [3.8, 4) is 0 Å². The zero-order valence-electron chi connectivity index (χ0n) is 10.4. The van der Waals surface area contributed by atoms with Gasteiger partial charge in [0.1, 0.15) is 0 Å². The number of ketones is 1. The first kappa shape index (κ1) is 13.9. The maximum Gasteiger partial charge on any atom is 0.167 e. The summed E-state index contributed by atoms with van der Waals surface area (Å²) in [6.45, 7) is 1.88. The summed E-state index contributed by atoms with van der Waals surface area (Å²) in [5.74, 6) is 0.0292. The minimum absolute atomic E-state index is 0.0292. The van der Waals surface area contributed by atoms with Crippen LogP contribution in [0, 0.1) is 6.92 Å². The van der Waals surface area contributed by atoms with E-state index < -0.39 is 0 Å². The van der Waals surface area contributed by atoms with Crippen LogP contribution >= 0.6 is 23.2 Å². The average molecular weight is 294 g/mol. The number of rotatable bonds is 3. The molecule has 0 saturated carbocycles. The molecule has 98 valence electrons. The molecule has 0 bridgehead atoms. The molecular weight excluding hydrogens is 281 g/mol. The molecule has 0 radical (unpaired) electrons. The topological polar surface area (TPSA) is 43.1 Å². The number of aryl methyl sites for hydroxylation is 1. The molecule has 0 atom stereocenters. The van der Waals surface area contributed by atoms with Crippen LogP contribution in [0.5, 0.6) is 0 Å². The van der Waals surface area contributed by atoms with E-state index in [1.54, 1.807) is 36.4 Å². The molecule has 0 fully saturated rings. The molecule has 0 amide bonds. The molecule has 2 N–H and O–H groups in total. The monoisotopic (exact) mass is 293 g/mol. The summed E-state index contributed by atoms with van der Waals surface area (Å²) in [5.41, 5.74) is 8.82. The van der Waals surface area contributed by atoms with Crippen LogP contribution in [0.2, 0.25) is 10.0 Å². The Hall–Kier alpha value is -1.51. The highest BCUT2D eigenvalue weighted by molar-refractivity contribution is 6.42. The summed E-state index contributed by atoms with van der Waals surface area (Å²) >= 11 is 11.8. The zero-order chi connectivity index (χ0) is 14.0. The predicted octanol–water partition coefficient (Wildman–Crippen LogP) is 4.31. The van der Waals surface area contributed by atoms with Gasteiger partial charge in [-0.25, -0.2) is 0 Å². The summed E-state index contributed by atoms with van der Waals surface area (Å²) in [7, 11) is 0. The van der Waals surface area contributed by atoms with Gasteiger partial charge in [-0.1, -0.05) is 29.3 Å². The Morgan fingerprint density at radius 3 is 2.47 bits per heavy atom. The fraction of sp³-hybridized carbons (Fsp3) is 0.133. The van der Waals surface area contributed by atoms with E-state index in [0.29, 0.717) is 27.7 Å². The maximum atomic E-state index is 12.2. The lowest BCUT2D eigenvalue weighted by Gasteiger charge is -2.05. The maximum absolute atomic E-state index is 12.2. The summed E-state index contributed by atoms with van der Waals surface area (Å²) in [6.07, 6.45) is 0.292. The summed E-state index contributed by atoms with van der Waals surface area (Å²) in [6, 6.07) is 10.5. The Labute approximate surface area is 122 Å². The second-order valence-corrected chi connectivity index (χ2v) is 5.23. The number of hydrogen-bond donors (Lipinski definition) is 1. The second kappa shape index (κ2) is 5.64. The molecule has 2 aromatic rings. The van der Waals surface area contributed by atoms with Gasteiger partial charge in [-0.2, -0.15) is 0 Å². The molecule has 0 unspecified atom stereocenters. The van der Waals surface area contributed by atoms with E-state index in [2.05, 4.69) is 0 Å². The Kier molecular flexibility index (Phi) is 4.13. The SMILES string of the molecule is Cc1cc(C(=O)Cc2ccc(Cl)c(Cl)c2)ccc1N. The minimum atomic E-state index is 0.0292. The summed E-state index contributed by atoms with van der Waals surface area (Å²) in [4.78, 5) is 12.2. The van der Waals surface area contributed by atoms with Gasteiger partial charge >= 0.3 is 0 Å². The number of carbonyl (C=O) groups is 1. The normalized spacial score (nSPS) is 10.5. The van der Waals surface area contributed by atoms with Gasteiger partial charge in [-0.3, -0.25) is 4.79 Å². The van der Waals surface area contributed by atoms with Crippen LogP contribution in [-0.2, 0) is 6.42 Å². The van der Waals surface area contributed by atoms with Crippen LogP contribution in [0.3, 0.4) is 0 Å². The van der Waals surface area contributed by atoms with Crippen LogP contribution < -0.4 is 5.73 Å².